The highest BCUT2D eigenvalue weighted by Gasteiger charge is 2.22. The van der Waals surface area contributed by atoms with E-state index in [0.717, 1.165) is 56.9 Å². The molecule has 0 unspecified atom stereocenters. The molecule has 0 aromatic heterocycles. The summed E-state index contributed by atoms with van der Waals surface area (Å²) >= 11 is 0. The van der Waals surface area contributed by atoms with E-state index in [1.165, 1.54) is 0 Å². The third-order valence-corrected chi connectivity index (χ3v) is 3.83. The van der Waals surface area contributed by atoms with Crippen molar-refractivity contribution >= 4 is 11.6 Å². The molecule has 0 atom stereocenters. The standard InChI is InChI=1S/C16H25N3O/c1-3-9-17-15-8-6-5-7-14(15)16(20)19-12-10-18(4-2)11-13-19/h5-8,17H,3-4,9-13H2,1-2H3. The fraction of sp³-hybridized carbons (Fsp3) is 0.562. The molecule has 0 radical (unpaired) electrons. The van der Waals surface area contributed by atoms with Crippen molar-refractivity contribution in [2.24, 2.45) is 0 Å². The lowest BCUT2D eigenvalue weighted by Gasteiger charge is -2.34. The number of carbonyl (C=O) groups is 1. The first-order valence-electron chi connectivity index (χ1n) is 7.60. The first kappa shape index (κ1) is 14.9. The van der Waals surface area contributed by atoms with Crippen molar-refractivity contribution in [3.63, 3.8) is 0 Å². The number of likely N-dealkylation sites (N-methyl/N-ethyl adjacent to an activating group) is 1. The molecule has 4 nitrogen and oxygen atoms in total. The van der Waals surface area contributed by atoms with Crippen molar-refractivity contribution in [3.05, 3.63) is 29.8 Å². The van der Waals surface area contributed by atoms with Gasteiger partial charge in [0.25, 0.3) is 5.91 Å². The Morgan fingerprint density at radius 2 is 1.85 bits per heavy atom. The minimum Gasteiger partial charge on any atom is -0.384 e. The minimum absolute atomic E-state index is 0.153. The molecule has 20 heavy (non-hydrogen) atoms. The van der Waals surface area contributed by atoms with Gasteiger partial charge in [-0.1, -0.05) is 26.0 Å². The molecule has 0 aliphatic carbocycles. The van der Waals surface area contributed by atoms with Gasteiger partial charge in [0.1, 0.15) is 0 Å². The van der Waals surface area contributed by atoms with E-state index in [4.69, 9.17) is 0 Å². The van der Waals surface area contributed by atoms with Crippen molar-refractivity contribution in [2.75, 3.05) is 44.6 Å². The highest BCUT2D eigenvalue weighted by atomic mass is 16.2. The quantitative estimate of drug-likeness (QED) is 0.895. The fourth-order valence-electron chi connectivity index (χ4n) is 2.52. The number of carbonyl (C=O) groups excluding carboxylic acids is 1. The summed E-state index contributed by atoms with van der Waals surface area (Å²) in [5.74, 6) is 0.153. The van der Waals surface area contributed by atoms with Gasteiger partial charge in [-0.25, -0.2) is 0 Å². The zero-order valence-corrected chi connectivity index (χ0v) is 12.6. The molecule has 0 saturated carbocycles. The summed E-state index contributed by atoms with van der Waals surface area (Å²) in [6.45, 7) is 9.87. The van der Waals surface area contributed by atoms with Gasteiger partial charge in [0.15, 0.2) is 0 Å². The Labute approximate surface area is 121 Å². The van der Waals surface area contributed by atoms with E-state index < -0.39 is 0 Å². The third kappa shape index (κ3) is 3.51. The number of rotatable bonds is 5. The predicted octanol–water partition coefficient (Wildman–Crippen LogP) is 2.29. The molecule has 0 spiro atoms. The summed E-state index contributed by atoms with van der Waals surface area (Å²) in [6, 6.07) is 7.83. The van der Waals surface area contributed by atoms with Crippen LogP contribution in [0.1, 0.15) is 30.6 Å². The number of piperazine rings is 1. The maximum Gasteiger partial charge on any atom is 0.256 e. The number of benzene rings is 1. The van der Waals surface area contributed by atoms with Gasteiger partial charge in [0, 0.05) is 38.4 Å². The fourth-order valence-corrected chi connectivity index (χ4v) is 2.52. The normalized spacial score (nSPS) is 16.2. The molecular formula is C16H25N3O. The van der Waals surface area contributed by atoms with Crippen LogP contribution < -0.4 is 5.32 Å². The summed E-state index contributed by atoms with van der Waals surface area (Å²) in [6.07, 6.45) is 1.05. The minimum atomic E-state index is 0.153. The molecule has 1 saturated heterocycles. The van der Waals surface area contributed by atoms with Gasteiger partial charge >= 0.3 is 0 Å². The van der Waals surface area contributed by atoms with Crippen LogP contribution in [-0.4, -0.2) is 55.0 Å². The number of nitrogens with one attached hydrogen (secondary N) is 1. The summed E-state index contributed by atoms with van der Waals surface area (Å²) in [4.78, 5) is 17.0. The molecule has 0 bridgehead atoms. The van der Waals surface area contributed by atoms with E-state index in [-0.39, 0.29) is 5.91 Å². The van der Waals surface area contributed by atoms with Gasteiger partial charge in [-0.3, -0.25) is 4.79 Å². The van der Waals surface area contributed by atoms with Gasteiger partial charge in [-0.15, -0.1) is 0 Å². The zero-order valence-electron chi connectivity index (χ0n) is 12.6. The van der Waals surface area contributed by atoms with Crippen molar-refractivity contribution in [3.8, 4) is 0 Å². The number of anilines is 1. The number of para-hydroxylation sites is 1. The summed E-state index contributed by atoms with van der Waals surface area (Å²) in [7, 11) is 0. The van der Waals surface area contributed by atoms with Gasteiger partial charge in [-0.05, 0) is 25.1 Å². The SMILES string of the molecule is CCCNc1ccccc1C(=O)N1CCN(CC)CC1. The number of amides is 1. The molecule has 1 aromatic carbocycles. The molecule has 1 aliphatic rings. The molecule has 4 heteroatoms. The Morgan fingerprint density at radius 1 is 1.15 bits per heavy atom. The van der Waals surface area contributed by atoms with Crippen LogP contribution in [0.15, 0.2) is 24.3 Å². The van der Waals surface area contributed by atoms with E-state index in [2.05, 4.69) is 24.1 Å². The number of hydrogen-bond acceptors (Lipinski definition) is 3. The largest absolute Gasteiger partial charge is 0.384 e. The van der Waals surface area contributed by atoms with Crippen LogP contribution in [0.2, 0.25) is 0 Å². The van der Waals surface area contributed by atoms with Crippen LogP contribution in [-0.2, 0) is 0 Å². The third-order valence-electron chi connectivity index (χ3n) is 3.83. The van der Waals surface area contributed by atoms with Gasteiger partial charge in [-0.2, -0.15) is 0 Å². The van der Waals surface area contributed by atoms with Gasteiger partial charge < -0.3 is 15.1 Å². The lowest BCUT2D eigenvalue weighted by molar-refractivity contribution is 0.0644. The topological polar surface area (TPSA) is 35.6 Å². The first-order chi connectivity index (χ1) is 9.76. The molecule has 1 aromatic rings. The number of hydrogen-bond donors (Lipinski definition) is 1. The van der Waals surface area contributed by atoms with E-state index in [9.17, 15) is 4.79 Å². The Hall–Kier alpha value is -1.55. The Morgan fingerprint density at radius 3 is 2.50 bits per heavy atom. The highest BCUT2D eigenvalue weighted by Crippen LogP contribution is 2.18. The summed E-state index contributed by atoms with van der Waals surface area (Å²) in [5, 5.41) is 3.34. The van der Waals surface area contributed by atoms with Gasteiger partial charge in [0.2, 0.25) is 0 Å². The van der Waals surface area contributed by atoms with Crippen LogP contribution in [0.5, 0.6) is 0 Å². The average molecular weight is 275 g/mol. The van der Waals surface area contributed by atoms with Crippen molar-refractivity contribution < 1.29 is 4.79 Å². The second kappa shape index (κ2) is 7.29. The van der Waals surface area contributed by atoms with E-state index >= 15 is 0 Å². The van der Waals surface area contributed by atoms with E-state index in [1.54, 1.807) is 0 Å². The molecule has 1 N–H and O–H groups in total. The average Bonchev–Trinajstić information content (AvgIpc) is 2.52. The van der Waals surface area contributed by atoms with Crippen LogP contribution in [0.25, 0.3) is 0 Å². The Balaban J connectivity index is 2.05. The van der Waals surface area contributed by atoms with Crippen LogP contribution in [0.4, 0.5) is 5.69 Å². The monoisotopic (exact) mass is 275 g/mol. The molecule has 1 amide bonds. The highest BCUT2D eigenvalue weighted by molar-refractivity contribution is 5.99. The van der Waals surface area contributed by atoms with Crippen LogP contribution in [0, 0.1) is 0 Å². The molecular weight excluding hydrogens is 250 g/mol. The Bertz CT molecular complexity index is 439. The zero-order chi connectivity index (χ0) is 14.4. The molecule has 1 heterocycles. The number of nitrogens with zero attached hydrogens (tertiary/aromatic N) is 2. The van der Waals surface area contributed by atoms with Crippen LogP contribution in [0.3, 0.4) is 0 Å². The predicted molar refractivity (Wildman–Crippen MR) is 83.2 cm³/mol. The first-order valence-corrected chi connectivity index (χ1v) is 7.60. The van der Waals surface area contributed by atoms with Gasteiger partial charge in [0.05, 0.1) is 5.56 Å². The molecule has 110 valence electrons. The molecule has 1 fully saturated rings. The van der Waals surface area contributed by atoms with Crippen LogP contribution >= 0.6 is 0 Å². The summed E-state index contributed by atoms with van der Waals surface area (Å²) < 4.78 is 0. The molecule has 1 aliphatic heterocycles. The maximum absolute atomic E-state index is 12.6. The van der Waals surface area contributed by atoms with Crippen molar-refractivity contribution in [2.45, 2.75) is 20.3 Å². The lowest BCUT2D eigenvalue weighted by Crippen LogP contribution is -2.48. The maximum atomic E-state index is 12.6. The summed E-state index contributed by atoms with van der Waals surface area (Å²) in [5.41, 5.74) is 1.75. The Kier molecular flexibility index (Phi) is 5.41. The van der Waals surface area contributed by atoms with Crippen molar-refractivity contribution in [1.29, 1.82) is 0 Å². The van der Waals surface area contributed by atoms with E-state index in [0.29, 0.717) is 0 Å². The second-order valence-corrected chi connectivity index (χ2v) is 5.20. The second-order valence-electron chi connectivity index (χ2n) is 5.20. The lowest BCUT2D eigenvalue weighted by atomic mass is 10.1. The van der Waals surface area contributed by atoms with E-state index in [1.807, 2.05) is 29.2 Å². The smallest absolute Gasteiger partial charge is 0.256 e. The molecule has 2 rings (SSSR count). The van der Waals surface area contributed by atoms with Crippen molar-refractivity contribution in [1.82, 2.24) is 9.80 Å².